The number of carbonyl (C=O) groups excluding carboxylic acids is 2. The minimum atomic E-state index is -0.706. The van der Waals surface area contributed by atoms with Gasteiger partial charge in [-0.2, -0.15) is 4.58 Å². The Morgan fingerprint density at radius 3 is 2.48 bits per heavy atom. The van der Waals surface area contributed by atoms with Crippen molar-refractivity contribution < 1.29 is 18.9 Å². The van der Waals surface area contributed by atoms with E-state index in [1.54, 1.807) is 7.05 Å². The third-order valence-electron chi connectivity index (χ3n) is 5.23. The third-order valence-corrected chi connectivity index (χ3v) is 5.23. The number of nitrogens with zero attached hydrogens (tertiary/aromatic N) is 4. The zero-order valence-electron chi connectivity index (χ0n) is 16.9. The smallest absolute Gasteiger partial charge is 0.389 e. The average molecular weight is 391 g/mol. The van der Waals surface area contributed by atoms with E-state index in [1.807, 2.05) is 67.0 Å². The van der Waals surface area contributed by atoms with Gasteiger partial charge in [-0.15, -0.1) is 0 Å². The number of carbonyl (C=O) groups is 2. The first-order valence-electron chi connectivity index (χ1n) is 9.43. The SMILES string of the molecule is Cc1ccc(C)c(OC2=[N+](Cc3ccccc3)C3C(=O)N(C)C(=O)N(C)C3=N2)c1. The molecule has 0 radical (unpaired) electrons. The maximum atomic E-state index is 13.0. The van der Waals surface area contributed by atoms with Crippen LogP contribution < -0.4 is 4.74 Å². The summed E-state index contributed by atoms with van der Waals surface area (Å²) in [5.41, 5.74) is 3.04. The van der Waals surface area contributed by atoms with Crippen molar-refractivity contribution in [2.75, 3.05) is 14.1 Å². The normalized spacial score (nSPS) is 18.9. The second-order valence-corrected chi connectivity index (χ2v) is 7.38. The molecule has 0 aliphatic carbocycles. The van der Waals surface area contributed by atoms with Crippen LogP contribution in [-0.2, 0) is 11.3 Å². The summed E-state index contributed by atoms with van der Waals surface area (Å²) >= 11 is 0. The van der Waals surface area contributed by atoms with Gasteiger partial charge in [0.1, 0.15) is 12.3 Å². The standard InChI is InChI=1S/C22H23N4O3/c1-14-10-11-15(2)17(12-14)29-21-23-19-18(20(27)25(4)22(28)24(19)3)26(21)13-16-8-6-5-7-9-16/h5-12,18H,13H2,1-4H3/q+1. The van der Waals surface area contributed by atoms with Gasteiger partial charge in [-0.25, -0.2) is 4.79 Å². The lowest BCUT2D eigenvalue weighted by Crippen LogP contribution is -2.61. The largest absolute Gasteiger partial charge is 0.502 e. The zero-order valence-corrected chi connectivity index (χ0v) is 16.9. The Labute approximate surface area is 169 Å². The van der Waals surface area contributed by atoms with Crippen molar-refractivity contribution in [3.05, 3.63) is 65.2 Å². The highest BCUT2D eigenvalue weighted by atomic mass is 16.5. The molecule has 0 saturated carbocycles. The number of aliphatic imine (C=N–C) groups is 1. The molecule has 0 spiro atoms. The van der Waals surface area contributed by atoms with E-state index in [-0.39, 0.29) is 5.91 Å². The number of fused-ring (bicyclic) bond motifs is 1. The number of rotatable bonds is 3. The first-order chi connectivity index (χ1) is 13.9. The molecule has 2 heterocycles. The van der Waals surface area contributed by atoms with Crippen molar-refractivity contribution >= 4 is 23.8 Å². The summed E-state index contributed by atoms with van der Waals surface area (Å²) in [5, 5.41) is 0. The fourth-order valence-electron chi connectivity index (χ4n) is 3.51. The van der Waals surface area contributed by atoms with E-state index >= 15 is 0 Å². The number of imide groups is 1. The Kier molecular flexibility index (Phi) is 4.66. The van der Waals surface area contributed by atoms with Crippen LogP contribution in [-0.4, -0.2) is 58.3 Å². The number of benzene rings is 2. The number of ether oxygens (including phenoxy) is 1. The van der Waals surface area contributed by atoms with Crippen LogP contribution in [0.1, 0.15) is 16.7 Å². The highest BCUT2D eigenvalue weighted by Gasteiger charge is 2.54. The Morgan fingerprint density at radius 2 is 1.76 bits per heavy atom. The molecule has 1 fully saturated rings. The van der Waals surface area contributed by atoms with Gasteiger partial charge in [0.2, 0.25) is 0 Å². The molecule has 2 aliphatic heterocycles. The summed E-state index contributed by atoms with van der Waals surface area (Å²) in [4.78, 5) is 32.5. The van der Waals surface area contributed by atoms with Crippen LogP contribution in [0.3, 0.4) is 0 Å². The van der Waals surface area contributed by atoms with Crippen LogP contribution in [0.25, 0.3) is 0 Å². The summed E-state index contributed by atoms with van der Waals surface area (Å²) in [6.45, 7) is 4.38. The van der Waals surface area contributed by atoms with Crippen LogP contribution in [0, 0.1) is 13.8 Å². The molecule has 2 aromatic carbocycles. The molecule has 7 heteroatoms. The number of amidine groups is 2. The second kappa shape index (κ2) is 7.16. The lowest BCUT2D eigenvalue weighted by molar-refractivity contribution is -0.557. The Balaban J connectivity index is 1.80. The van der Waals surface area contributed by atoms with Gasteiger partial charge in [0.25, 0.3) is 17.8 Å². The van der Waals surface area contributed by atoms with Gasteiger partial charge in [0, 0.05) is 19.1 Å². The van der Waals surface area contributed by atoms with Crippen molar-refractivity contribution in [3.63, 3.8) is 0 Å². The number of likely N-dealkylation sites (N-methyl/N-ethyl adjacent to an activating group) is 2. The molecule has 7 nitrogen and oxygen atoms in total. The second-order valence-electron chi connectivity index (χ2n) is 7.38. The molecule has 2 aromatic rings. The molecule has 2 aliphatic rings. The van der Waals surface area contributed by atoms with Crippen molar-refractivity contribution in [3.8, 4) is 5.75 Å². The molecule has 148 valence electrons. The average Bonchev–Trinajstić information content (AvgIpc) is 3.06. The van der Waals surface area contributed by atoms with Gasteiger partial charge in [0.15, 0.2) is 0 Å². The lowest BCUT2D eigenvalue weighted by atomic mass is 10.1. The van der Waals surface area contributed by atoms with Crippen LogP contribution in [0.4, 0.5) is 4.79 Å². The number of hydrogen-bond donors (Lipinski definition) is 0. The minimum absolute atomic E-state index is 0.311. The molecule has 0 N–H and O–H groups in total. The Bertz CT molecular complexity index is 1060. The molecule has 0 aromatic heterocycles. The Hall–Kier alpha value is -3.48. The van der Waals surface area contributed by atoms with Crippen LogP contribution in [0.5, 0.6) is 5.75 Å². The number of aryl methyl sites for hydroxylation is 2. The first kappa shape index (κ1) is 18.9. The van der Waals surface area contributed by atoms with Crippen molar-refractivity contribution in [2.24, 2.45) is 4.99 Å². The van der Waals surface area contributed by atoms with Gasteiger partial charge in [-0.1, -0.05) is 42.5 Å². The predicted molar refractivity (Wildman–Crippen MR) is 109 cm³/mol. The predicted octanol–water partition coefficient (Wildman–Crippen LogP) is 2.56. The van der Waals surface area contributed by atoms with Gasteiger partial charge < -0.3 is 4.74 Å². The summed E-state index contributed by atoms with van der Waals surface area (Å²) in [6, 6.07) is 14.9. The van der Waals surface area contributed by atoms with Gasteiger partial charge in [-0.05, 0) is 36.6 Å². The van der Waals surface area contributed by atoms with Crippen LogP contribution in [0.15, 0.2) is 53.5 Å². The summed E-state index contributed by atoms with van der Waals surface area (Å²) < 4.78 is 7.99. The molecule has 1 unspecified atom stereocenters. The topological polar surface area (TPSA) is 65.2 Å². The molecule has 29 heavy (non-hydrogen) atoms. The molecule has 4 rings (SSSR count). The Morgan fingerprint density at radius 1 is 1.03 bits per heavy atom. The molecular weight excluding hydrogens is 368 g/mol. The maximum absolute atomic E-state index is 13.0. The van der Waals surface area contributed by atoms with Gasteiger partial charge in [0.05, 0.1) is 0 Å². The monoisotopic (exact) mass is 391 g/mol. The fourth-order valence-corrected chi connectivity index (χ4v) is 3.51. The van der Waals surface area contributed by atoms with Crippen LogP contribution >= 0.6 is 0 Å². The van der Waals surface area contributed by atoms with Crippen LogP contribution in [0.2, 0.25) is 0 Å². The summed E-state index contributed by atoms with van der Waals surface area (Å²) in [6.07, 6.45) is 0. The zero-order chi connectivity index (χ0) is 20.7. The highest BCUT2D eigenvalue weighted by molar-refractivity contribution is 6.22. The van der Waals surface area contributed by atoms with Gasteiger partial charge in [-0.3, -0.25) is 14.6 Å². The molecule has 3 amide bonds. The summed E-state index contributed by atoms with van der Waals surface area (Å²) in [5.74, 6) is 0.743. The van der Waals surface area contributed by atoms with Crippen molar-refractivity contribution in [2.45, 2.75) is 26.4 Å². The van der Waals surface area contributed by atoms with Crippen molar-refractivity contribution in [1.29, 1.82) is 0 Å². The third kappa shape index (κ3) is 3.29. The van der Waals surface area contributed by atoms with E-state index in [1.165, 1.54) is 11.9 Å². The van der Waals surface area contributed by atoms with E-state index in [9.17, 15) is 9.59 Å². The maximum Gasteiger partial charge on any atom is 0.502 e. The van der Waals surface area contributed by atoms with E-state index in [4.69, 9.17) is 4.74 Å². The summed E-state index contributed by atoms with van der Waals surface area (Å²) in [7, 11) is 3.11. The molecule has 0 bridgehead atoms. The number of hydrogen-bond acceptors (Lipinski definition) is 4. The number of urea groups is 1. The van der Waals surface area contributed by atoms with Gasteiger partial charge >= 0.3 is 12.1 Å². The highest BCUT2D eigenvalue weighted by Crippen LogP contribution is 2.24. The van der Waals surface area contributed by atoms with Crippen molar-refractivity contribution in [1.82, 2.24) is 9.80 Å². The number of amides is 3. The molecular formula is C22H23N4O3+. The quantitative estimate of drug-likeness (QED) is 0.756. The molecule has 1 atom stereocenters. The van der Waals surface area contributed by atoms with E-state index in [0.717, 1.165) is 21.6 Å². The van der Waals surface area contributed by atoms with E-state index in [0.29, 0.717) is 24.2 Å². The first-order valence-corrected chi connectivity index (χ1v) is 9.43. The van der Waals surface area contributed by atoms with E-state index < -0.39 is 12.1 Å². The molecule has 1 saturated heterocycles. The fraction of sp³-hybridized carbons (Fsp3) is 0.273. The minimum Gasteiger partial charge on any atom is -0.389 e. The lowest BCUT2D eigenvalue weighted by Gasteiger charge is -2.30. The van der Waals surface area contributed by atoms with E-state index in [2.05, 4.69) is 4.99 Å².